The molecule has 134 valence electrons. The minimum absolute atomic E-state index is 0.0254. The highest BCUT2D eigenvalue weighted by Gasteiger charge is 2.19. The number of nitrogens with zero attached hydrogens (tertiary/aromatic N) is 2. The summed E-state index contributed by atoms with van der Waals surface area (Å²) in [5.41, 5.74) is 1.71. The van der Waals surface area contributed by atoms with Gasteiger partial charge in [-0.25, -0.2) is 0 Å². The van der Waals surface area contributed by atoms with Crippen molar-refractivity contribution in [3.05, 3.63) is 51.2 Å². The number of hydrogen-bond acceptors (Lipinski definition) is 4. The Bertz CT molecular complexity index is 697. The first-order chi connectivity index (χ1) is 12.1. The predicted molar refractivity (Wildman–Crippen MR) is 106 cm³/mol. The van der Waals surface area contributed by atoms with Crippen molar-refractivity contribution in [3.63, 3.8) is 0 Å². The van der Waals surface area contributed by atoms with Crippen molar-refractivity contribution in [1.82, 2.24) is 9.80 Å². The maximum absolute atomic E-state index is 12.3. The Hall–Kier alpha value is -1.40. The first-order valence-corrected chi connectivity index (χ1v) is 9.89. The summed E-state index contributed by atoms with van der Waals surface area (Å²) >= 11 is 7.93. The molecule has 3 rings (SSSR count). The molecule has 1 aromatic carbocycles. The van der Waals surface area contributed by atoms with Gasteiger partial charge in [-0.15, -0.1) is 11.3 Å². The number of rotatable bonds is 6. The summed E-state index contributed by atoms with van der Waals surface area (Å²) in [4.78, 5) is 18.4. The molecule has 1 aliphatic heterocycles. The van der Waals surface area contributed by atoms with Crippen LogP contribution >= 0.6 is 22.9 Å². The Labute approximate surface area is 158 Å². The molecule has 1 saturated heterocycles. The average Bonchev–Trinajstić information content (AvgIpc) is 3.12. The van der Waals surface area contributed by atoms with Gasteiger partial charge in [-0.2, -0.15) is 0 Å². The van der Waals surface area contributed by atoms with Crippen LogP contribution in [-0.4, -0.2) is 55.0 Å². The number of nitrogens with one attached hydrogen (secondary N) is 1. The van der Waals surface area contributed by atoms with E-state index in [0.29, 0.717) is 11.6 Å². The van der Waals surface area contributed by atoms with Gasteiger partial charge in [0, 0.05) is 48.3 Å². The second-order valence-corrected chi connectivity index (χ2v) is 7.85. The smallest absolute Gasteiger partial charge is 0.238 e. The van der Waals surface area contributed by atoms with Crippen LogP contribution in [-0.2, 0) is 11.2 Å². The Morgan fingerprint density at radius 3 is 2.64 bits per heavy atom. The fraction of sp³-hybridized carbons (Fsp3) is 0.421. The summed E-state index contributed by atoms with van der Waals surface area (Å²) in [6.45, 7) is 7.37. The number of piperazine rings is 1. The quantitative estimate of drug-likeness (QED) is 0.836. The maximum atomic E-state index is 12.3. The first kappa shape index (κ1) is 18.4. The van der Waals surface area contributed by atoms with Gasteiger partial charge in [-0.1, -0.05) is 23.7 Å². The lowest BCUT2D eigenvalue weighted by Gasteiger charge is -2.34. The lowest BCUT2D eigenvalue weighted by atomic mass is 10.2. The minimum Gasteiger partial charge on any atom is -0.325 e. The van der Waals surface area contributed by atoms with Gasteiger partial charge < -0.3 is 10.2 Å². The second kappa shape index (κ2) is 8.81. The SMILES string of the molecule is Cc1c(Cl)cccc1NC(=O)CN1CCN(CCc2cccs2)CC1. The molecule has 0 saturated carbocycles. The lowest BCUT2D eigenvalue weighted by molar-refractivity contribution is -0.117. The fourth-order valence-corrected chi connectivity index (χ4v) is 3.90. The monoisotopic (exact) mass is 377 g/mol. The van der Waals surface area contributed by atoms with Crippen molar-refractivity contribution in [2.45, 2.75) is 13.3 Å². The summed E-state index contributed by atoms with van der Waals surface area (Å²) < 4.78 is 0. The number of benzene rings is 1. The Kier molecular flexibility index (Phi) is 6.48. The van der Waals surface area contributed by atoms with Crippen LogP contribution in [0, 0.1) is 6.92 Å². The van der Waals surface area contributed by atoms with E-state index in [1.54, 1.807) is 0 Å². The lowest BCUT2D eigenvalue weighted by Crippen LogP contribution is -2.49. The van der Waals surface area contributed by atoms with E-state index < -0.39 is 0 Å². The van der Waals surface area contributed by atoms with Gasteiger partial charge in [-0.05, 0) is 42.5 Å². The molecule has 0 unspecified atom stereocenters. The van der Waals surface area contributed by atoms with E-state index >= 15 is 0 Å². The van der Waals surface area contributed by atoms with Crippen LogP contribution in [0.4, 0.5) is 5.69 Å². The van der Waals surface area contributed by atoms with Crippen LogP contribution in [0.2, 0.25) is 5.02 Å². The van der Waals surface area contributed by atoms with Gasteiger partial charge >= 0.3 is 0 Å². The van der Waals surface area contributed by atoms with E-state index in [0.717, 1.165) is 50.4 Å². The molecule has 0 radical (unpaired) electrons. The normalized spacial score (nSPS) is 16.1. The van der Waals surface area contributed by atoms with Crippen molar-refractivity contribution in [2.24, 2.45) is 0 Å². The third-order valence-electron chi connectivity index (χ3n) is 4.63. The van der Waals surface area contributed by atoms with Gasteiger partial charge in [-0.3, -0.25) is 9.69 Å². The number of anilines is 1. The largest absolute Gasteiger partial charge is 0.325 e. The average molecular weight is 378 g/mol. The van der Waals surface area contributed by atoms with E-state index in [-0.39, 0.29) is 5.91 Å². The molecule has 0 aliphatic carbocycles. The summed E-state index contributed by atoms with van der Waals surface area (Å²) in [6, 6.07) is 9.89. The molecule has 1 fully saturated rings. The molecular formula is C19H24ClN3OS. The molecule has 0 atom stereocenters. The minimum atomic E-state index is 0.0254. The van der Waals surface area contributed by atoms with Gasteiger partial charge in [0.05, 0.1) is 6.54 Å². The predicted octanol–water partition coefficient (Wildman–Crippen LogP) is 3.51. The standard InChI is InChI=1S/C19H24ClN3OS/c1-15-17(20)5-2-6-18(15)21-19(24)14-23-11-9-22(10-12-23)8-7-16-4-3-13-25-16/h2-6,13H,7-12,14H2,1H3,(H,21,24). The second-order valence-electron chi connectivity index (χ2n) is 6.41. The van der Waals surface area contributed by atoms with Crippen molar-refractivity contribution >= 4 is 34.5 Å². The molecule has 2 aromatic rings. The molecule has 0 spiro atoms. The Morgan fingerprint density at radius 2 is 1.92 bits per heavy atom. The highest BCUT2D eigenvalue weighted by molar-refractivity contribution is 7.09. The molecule has 6 heteroatoms. The van der Waals surface area contributed by atoms with Crippen LogP contribution in [0.3, 0.4) is 0 Å². The van der Waals surface area contributed by atoms with Crippen molar-refractivity contribution in [3.8, 4) is 0 Å². The number of carbonyl (C=O) groups is 1. The fourth-order valence-electron chi connectivity index (χ4n) is 3.03. The van der Waals surface area contributed by atoms with Crippen LogP contribution in [0.15, 0.2) is 35.7 Å². The summed E-state index contributed by atoms with van der Waals surface area (Å²) in [7, 11) is 0. The molecule has 2 heterocycles. The summed E-state index contributed by atoms with van der Waals surface area (Å²) in [6.07, 6.45) is 1.12. The van der Waals surface area contributed by atoms with Crippen molar-refractivity contribution in [1.29, 1.82) is 0 Å². The molecule has 25 heavy (non-hydrogen) atoms. The molecule has 0 bridgehead atoms. The van der Waals surface area contributed by atoms with Gasteiger partial charge in [0.1, 0.15) is 0 Å². The van der Waals surface area contributed by atoms with Gasteiger partial charge in [0.25, 0.3) is 0 Å². The Balaban J connectivity index is 1.41. The van der Waals surface area contributed by atoms with Gasteiger partial charge in [0.2, 0.25) is 5.91 Å². The highest BCUT2D eigenvalue weighted by Crippen LogP contribution is 2.22. The highest BCUT2D eigenvalue weighted by atomic mass is 35.5. The van der Waals surface area contributed by atoms with Crippen LogP contribution < -0.4 is 5.32 Å². The van der Waals surface area contributed by atoms with E-state index in [4.69, 9.17) is 11.6 Å². The third-order valence-corrected chi connectivity index (χ3v) is 5.97. The molecule has 4 nitrogen and oxygen atoms in total. The molecule has 1 amide bonds. The summed E-state index contributed by atoms with van der Waals surface area (Å²) in [5, 5.41) is 5.79. The molecular weight excluding hydrogens is 354 g/mol. The first-order valence-electron chi connectivity index (χ1n) is 8.64. The van der Waals surface area contributed by atoms with E-state index in [9.17, 15) is 4.79 Å². The maximum Gasteiger partial charge on any atom is 0.238 e. The number of hydrogen-bond donors (Lipinski definition) is 1. The number of carbonyl (C=O) groups excluding carboxylic acids is 1. The van der Waals surface area contributed by atoms with Gasteiger partial charge in [0.15, 0.2) is 0 Å². The van der Waals surface area contributed by atoms with E-state index in [1.165, 1.54) is 4.88 Å². The number of thiophene rings is 1. The molecule has 1 aliphatic rings. The molecule has 1 aromatic heterocycles. The number of halogens is 1. The van der Waals surface area contributed by atoms with E-state index in [1.807, 2.05) is 36.5 Å². The van der Waals surface area contributed by atoms with Crippen LogP contribution in [0.1, 0.15) is 10.4 Å². The zero-order valence-electron chi connectivity index (χ0n) is 14.5. The van der Waals surface area contributed by atoms with Crippen molar-refractivity contribution in [2.75, 3.05) is 44.6 Å². The van der Waals surface area contributed by atoms with Crippen LogP contribution in [0.25, 0.3) is 0 Å². The third kappa shape index (κ3) is 5.28. The van der Waals surface area contributed by atoms with E-state index in [2.05, 4.69) is 32.6 Å². The number of amides is 1. The summed E-state index contributed by atoms with van der Waals surface area (Å²) in [5.74, 6) is 0.0254. The Morgan fingerprint density at radius 1 is 1.16 bits per heavy atom. The zero-order chi connectivity index (χ0) is 17.6. The topological polar surface area (TPSA) is 35.6 Å². The molecule has 1 N–H and O–H groups in total. The zero-order valence-corrected chi connectivity index (χ0v) is 16.1. The van der Waals surface area contributed by atoms with Crippen LogP contribution in [0.5, 0.6) is 0 Å². The van der Waals surface area contributed by atoms with Crippen molar-refractivity contribution < 1.29 is 4.79 Å².